The van der Waals surface area contributed by atoms with E-state index in [0.29, 0.717) is 12.0 Å². The average molecular weight is 466 g/mol. The van der Waals surface area contributed by atoms with E-state index in [4.69, 9.17) is 5.73 Å². The van der Waals surface area contributed by atoms with Crippen molar-refractivity contribution >= 4 is 29.7 Å². The van der Waals surface area contributed by atoms with Crippen molar-refractivity contribution in [2.24, 2.45) is 11.7 Å². The molecule has 12 nitrogen and oxygen atoms in total. The van der Waals surface area contributed by atoms with Crippen LogP contribution in [0.2, 0.25) is 0 Å². The van der Waals surface area contributed by atoms with Crippen molar-refractivity contribution in [3.8, 4) is 5.75 Å². The van der Waals surface area contributed by atoms with Crippen LogP contribution in [0.25, 0.3) is 0 Å². The highest BCUT2D eigenvalue weighted by Crippen LogP contribution is 2.12. The third-order valence-electron chi connectivity index (χ3n) is 5.00. The lowest BCUT2D eigenvalue weighted by Crippen LogP contribution is -2.57. The van der Waals surface area contributed by atoms with Gasteiger partial charge in [-0.2, -0.15) is 0 Å². The van der Waals surface area contributed by atoms with Gasteiger partial charge in [0.25, 0.3) is 0 Å². The van der Waals surface area contributed by atoms with Gasteiger partial charge in [-0.15, -0.1) is 0 Å². The fourth-order valence-corrected chi connectivity index (χ4v) is 2.92. The molecule has 0 aliphatic heterocycles. The number of aliphatic carboxylic acids is 2. The topological polar surface area (TPSA) is 208 Å². The highest BCUT2D eigenvalue weighted by Gasteiger charge is 2.32. The smallest absolute Gasteiger partial charge is 0.326 e. The number of rotatable bonds is 13. The van der Waals surface area contributed by atoms with Gasteiger partial charge >= 0.3 is 11.9 Å². The predicted octanol–water partition coefficient (Wildman–Crippen LogP) is -1.05. The van der Waals surface area contributed by atoms with E-state index < -0.39 is 66.7 Å². The van der Waals surface area contributed by atoms with Crippen molar-refractivity contribution in [3.63, 3.8) is 0 Å². The first kappa shape index (κ1) is 27.4. The van der Waals surface area contributed by atoms with Crippen molar-refractivity contribution in [3.05, 3.63) is 29.8 Å². The largest absolute Gasteiger partial charge is 0.508 e. The van der Waals surface area contributed by atoms with E-state index in [9.17, 15) is 39.3 Å². The van der Waals surface area contributed by atoms with Gasteiger partial charge in [0.15, 0.2) is 0 Å². The highest BCUT2D eigenvalue weighted by atomic mass is 16.4. The normalized spacial score (nSPS) is 14.3. The second kappa shape index (κ2) is 13.0. The maximum atomic E-state index is 12.9. The number of hydrogen-bond donors (Lipinski definition) is 7. The van der Waals surface area contributed by atoms with Gasteiger partial charge in [-0.3, -0.25) is 19.2 Å². The molecule has 1 aromatic carbocycles. The van der Waals surface area contributed by atoms with Gasteiger partial charge in [0.05, 0.1) is 13.0 Å². The summed E-state index contributed by atoms with van der Waals surface area (Å²) < 4.78 is 0. The number of carbonyl (C=O) groups is 5. The minimum Gasteiger partial charge on any atom is -0.508 e. The van der Waals surface area contributed by atoms with Crippen LogP contribution in [0.5, 0.6) is 5.75 Å². The molecule has 0 bridgehead atoms. The predicted molar refractivity (Wildman–Crippen MR) is 116 cm³/mol. The van der Waals surface area contributed by atoms with Crippen LogP contribution < -0.4 is 21.7 Å². The Balaban J connectivity index is 3.07. The number of benzene rings is 1. The van der Waals surface area contributed by atoms with Crippen LogP contribution in [-0.2, 0) is 30.4 Å². The van der Waals surface area contributed by atoms with Gasteiger partial charge in [0, 0.05) is 6.42 Å². The van der Waals surface area contributed by atoms with Gasteiger partial charge in [-0.25, -0.2) is 4.79 Å². The minimum atomic E-state index is -1.59. The monoisotopic (exact) mass is 466 g/mol. The molecule has 4 unspecified atom stereocenters. The Morgan fingerprint density at radius 1 is 0.939 bits per heavy atom. The molecule has 0 aliphatic rings. The zero-order valence-electron chi connectivity index (χ0n) is 18.4. The molecule has 12 heteroatoms. The number of phenolic OH excluding ortho intramolecular Hbond substituents is 1. The first-order chi connectivity index (χ1) is 15.5. The first-order valence-corrected chi connectivity index (χ1v) is 10.3. The zero-order valence-corrected chi connectivity index (χ0v) is 18.4. The second-order valence-corrected chi connectivity index (χ2v) is 7.56. The van der Waals surface area contributed by atoms with Gasteiger partial charge in [0.1, 0.15) is 23.9 Å². The summed E-state index contributed by atoms with van der Waals surface area (Å²) in [6.07, 6.45) is -0.405. The lowest BCUT2D eigenvalue weighted by atomic mass is 9.98. The van der Waals surface area contributed by atoms with Crippen LogP contribution in [0.15, 0.2) is 24.3 Å². The van der Waals surface area contributed by atoms with Crippen LogP contribution in [0, 0.1) is 5.92 Å². The van der Waals surface area contributed by atoms with E-state index in [1.807, 2.05) is 0 Å². The quantitative estimate of drug-likeness (QED) is 0.189. The van der Waals surface area contributed by atoms with Crippen molar-refractivity contribution in [2.75, 3.05) is 6.54 Å². The SMILES string of the molecule is CCC(C)C(NC(=O)C(CC(=O)O)NC(=O)C(Cc1ccc(O)cc1)NC(=O)CN)C(=O)O. The molecule has 0 aliphatic carbocycles. The number of phenols is 1. The summed E-state index contributed by atoms with van der Waals surface area (Å²) >= 11 is 0. The first-order valence-electron chi connectivity index (χ1n) is 10.3. The fraction of sp³-hybridized carbons (Fsp3) is 0.476. The molecule has 33 heavy (non-hydrogen) atoms. The van der Waals surface area contributed by atoms with E-state index in [1.54, 1.807) is 13.8 Å². The number of nitrogens with two attached hydrogens (primary N) is 1. The van der Waals surface area contributed by atoms with E-state index in [-0.39, 0.29) is 12.2 Å². The molecular weight excluding hydrogens is 436 g/mol. The Kier molecular flexibility index (Phi) is 10.8. The molecule has 0 spiro atoms. The Hall–Kier alpha value is -3.67. The molecule has 1 aromatic rings. The van der Waals surface area contributed by atoms with Crippen LogP contribution >= 0.6 is 0 Å². The highest BCUT2D eigenvalue weighted by molar-refractivity contribution is 5.95. The summed E-state index contributed by atoms with van der Waals surface area (Å²) in [4.78, 5) is 60.1. The van der Waals surface area contributed by atoms with Gasteiger partial charge < -0.3 is 37.0 Å². The molecule has 0 aromatic heterocycles. The number of amides is 3. The lowest BCUT2D eigenvalue weighted by Gasteiger charge is -2.25. The Morgan fingerprint density at radius 3 is 2.00 bits per heavy atom. The zero-order chi connectivity index (χ0) is 25.1. The Labute approximate surface area is 190 Å². The van der Waals surface area contributed by atoms with Gasteiger partial charge in [-0.1, -0.05) is 32.4 Å². The molecule has 0 saturated carbocycles. The molecule has 0 saturated heterocycles. The molecule has 3 amide bonds. The van der Waals surface area contributed by atoms with Crippen molar-refractivity contribution < 1.29 is 39.3 Å². The molecular formula is C21H30N4O8. The van der Waals surface area contributed by atoms with Crippen LogP contribution in [0.1, 0.15) is 32.3 Å². The minimum absolute atomic E-state index is 0.00164. The van der Waals surface area contributed by atoms with Gasteiger partial charge in [0.2, 0.25) is 17.7 Å². The van der Waals surface area contributed by atoms with Gasteiger partial charge in [-0.05, 0) is 23.6 Å². The number of nitrogens with one attached hydrogen (secondary N) is 3. The summed E-state index contributed by atoms with van der Waals surface area (Å²) in [6.45, 7) is 2.94. The number of carboxylic acid groups (broad SMARTS) is 2. The van der Waals surface area contributed by atoms with E-state index >= 15 is 0 Å². The summed E-state index contributed by atoms with van der Waals surface area (Å²) in [6, 6.07) is 1.75. The standard InChI is InChI=1S/C21H30N4O8/c1-3-11(2)18(21(32)33)25-20(31)15(9-17(28)29)24-19(30)14(23-16(27)10-22)8-12-4-6-13(26)7-5-12/h4-7,11,14-15,18,26H,3,8-10,22H2,1-2H3,(H,23,27)(H,24,30)(H,25,31)(H,28,29)(H,32,33). The fourth-order valence-electron chi connectivity index (χ4n) is 2.92. The summed E-state index contributed by atoms with van der Waals surface area (Å²) in [5, 5.41) is 34.9. The second-order valence-electron chi connectivity index (χ2n) is 7.56. The number of aromatic hydroxyl groups is 1. The number of carbonyl (C=O) groups excluding carboxylic acids is 3. The Bertz CT molecular complexity index is 858. The molecule has 4 atom stereocenters. The van der Waals surface area contributed by atoms with Crippen LogP contribution in [0.4, 0.5) is 0 Å². The van der Waals surface area contributed by atoms with Crippen LogP contribution in [0.3, 0.4) is 0 Å². The molecule has 1 rings (SSSR count). The third-order valence-corrected chi connectivity index (χ3v) is 5.00. The maximum absolute atomic E-state index is 12.9. The maximum Gasteiger partial charge on any atom is 0.326 e. The van der Waals surface area contributed by atoms with Crippen molar-refractivity contribution in [1.29, 1.82) is 0 Å². The average Bonchev–Trinajstić information content (AvgIpc) is 2.76. The van der Waals surface area contributed by atoms with Crippen molar-refractivity contribution in [1.82, 2.24) is 16.0 Å². The summed E-state index contributed by atoms with van der Waals surface area (Å²) in [5.41, 5.74) is 5.86. The molecule has 0 fully saturated rings. The van der Waals surface area contributed by atoms with E-state index in [1.165, 1.54) is 24.3 Å². The number of hydrogen-bond acceptors (Lipinski definition) is 7. The molecule has 8 N–H and O–H groups in total. The molecule has 182 valence electrons. The van der Waals surface area contributed by atoms with E-state index in [2.05, 4.69) is 16.0 Å². The number of carboxylic acids is 2. The van der Waals surface area contributed by atoms with Crippen molar-refractivity contribution in [2.45, 2.75) is 51.2 Å². The third kappa shape index (κ3) is 9.15. The summed E-state index contributed by atoms with van der Waals surface area (Å²) in [7, 11) is 0. The summed E-state index contributed by atoms with van der Waals surface area (Å²) in [5.74, 6) is -5.63. The lowest BCUT2D eigenvalue weighted by molar-refractivity contribution is -0.144. The molecule has 0 radical (unpaired) electrons. The molecule has 0 heterocycles. The van der Waals surface area contributed by atoms with E-state index in [0.717, 1.165) is 0 Å². The Morgan fingerprint density at radius 2 is 1.52 bits per heavy atom. The van der Waals surface area contributed by atoms with Crippen LogP contribution in [-0.4, -0.2) is 69.7 Å².